The van der Waals surface area contributed by atoms with Crippen LogP contribution in [-0.4, -0.2) is 25.2 Å². The molecule has 0 radical (unpaired) electrons. The van der Waals surface area contributed by atoms with Crippen molar-refractivity contribution in [2.45, 2.75) is 39.5 Å². The van der Waals surface area contributed by atoms with Crippen molar-refractivity contribution in [3.05, 3.63) is 12.2 Å². The summed E-state index contributed by atoms with van der Waals surface area (Å²) < 4.78 is 9.66. The molecule has 4 heteroatoms. The molecule has 0 aliphatic rings. The maximum Gasteiger partial charge on any atom is 0.344 e. The van der Waals surface area contributed by atoms with Crippen LogP contribution in [0, 0.1) is 0 Å². The van der Waals surface area contributed by atoms with E-state index in [0.29, 0.717) is 13.2 Å². The van der Waals surface area contributed by atoms with Gasteiger partial charge in [-0.15, -0.1) is 0 Å². The number of carbonyl (C=O) groups excluding carboxylic acids is 2. The van der Waals surface area contributed by atoms with E-state index in [1.54, 1.807) is 0 Å². The SMILES string of the molecule is C=C(C(=O)OCCCC)C(=O)OCCCC. The Kier molecular flexibility index (Phi) is 8.21. The summed E-state index contributed by atoms with van der Waals surface area (Å²) in [6.45, 7) is 7.97. The normalized spacial score (nSPS) is 9.62. The molecule has 0 spiro atoms. The molecule has 0 fully saturated rings. The predicted octanol–water partition coefficient (Wildman–Crippen LogP) is 2.23. The lowest BCUT2D eigenvalue weighted by Gasteiger charge is -2.06. The summed E-state index contributed by atoms with van der Waals surface area (Å²) in [6, 6.07) is 0. The summed E-state index contributed by atoms with van der Waals surface area (Å²) in [7, 11) is 0. The molecule has 0 saturated heterocycles. The minimum Gasteiger partial charge on any atom is -0.462 e. The lowest BCUT2D eigenvalue weighted by atomic mass is 10.3. The third-order valence-electron chi connectivity index (χ3n) is 1.95. The van der Waals surface area contributed by atoms with Gasteiger partial charge >= 0.3 is 11.9 Å². The van der Waals surface area contributed by atoms with E-state index in [-0.39, 0.29) is 5.57 Å². The Morgan fingerprint density at radius 1 is 0.938 bits per heavy atom. The zero-order valence-corrected chi connectivity index (χ0v) is 10.1. The van der Waals surface area contributed by atoms with Crippen LogP contribution in [0.15, 0.2) is 12.2 Å². The Hall–Kier alpha value is -1.32. The van der Waals surface area contributed by atoms with Gasteiger partial charge in [0.25, 0.3) is 0 Å². The van der Waals surface area contributed by atoms with E-state index in [1.165, 1.54) is 0 Å². The average molecular weight is 228 g/mol. The second-order valence-electron chi connectivity index (χ2n) is 3.46. The highest BCUT2D eigenvalue weighted by molar-refractivity contribution is 6.13. The van der Waals surface area contributed by atoms with Crippen LogP contribution in [0.5, 0.6) is 0 Å². The fraction of sp³-hybridized carbons (Fsp3) is 0.667. The molecule has 0 rings (SSSR count). The van der Waals surface area contributed by atoms with Gasteiger partial charge in [-0.1, -0.05) is 33.3 Å². The number of unbranched alkanes of at least 4 members (excludes halogenated alkanes) is 2. The van der Waals surface area contributed by atoms with Crippen LogP contribution in [0.25, 0.3) is 0 Å². The monoisotopic (exact) mass is 228 g/mol. The van der Waals surface area contributed by atoms with E-state index in [4.69, 9.17) is 9.47 Å². The van der Waals surface area contributed by atoms with Gasteiger partial charge in [-0.2, -0.15) is 0 Å². The van der Waals surface area contributed by atoms with Gasteiger partial charge in [-0.05, 0) is 12.8 Å². The first-order valence-corrected chi connectivity index (χ1v) is 5.66. The van der Waals surface area contributed by atoms with E-state index in [0.717, 1.165) is 25.7 Å². The highest BCUT2D eigenvalue weighted by Crippen LogP contribution is 2.01. The second-order valence-corrected chi connectivity index (χ2v) is 3.46. The molecular weight excluding hydrogens is 208 g/mol. The summed E-state index contributed by atoms with van der Waals surface area (Å²) in [5.41, 5.74) is -0.229. The van der Waals surface area contributed by atoms with Gasteiger partial charge in [0, 0.05) is 0 Å². The van der Waals surface area contributed by atoms with E-state index in [1.807, 2.05) is 13.8 Å². The van der Waals surface area contributed by atoms with Crippen LogP contribution in [0.2, 0.25) is 0 Å². The van der Waals surface area contributed by atoms with Gasteiger partial charge in [-0.25, -0.2) is 9.59 Å². The fourth-order valence-corrected chi connectivity index (χ4v) is 0.876. The molecule has 0 heterocycles. The molecule has 0 aromatic carbocycles. The van der Waals surface area contributed by atoms with E-state index in [9.17, 15) is 9.59 Å². The molecule has 4 nitrogen and oxygen atoms in total. The Morgan fingerprint density at radius 3 is 1.62 bits per heavy atom. The van der Waals surface area contributed by atoms with Crippen molar-refractivity contribution in [3.8, 4) is 0 Å². The molecule has 0 aromatic rings. The summed E-state index contributed by atoms with van der Waals surface area (Å²) in [6.07, 6.45) is 3.43. The van der Waals surface area contributed by atoms with Gasteiger partial charge in [0.05, 0.1) is 13.2 Å². The lowest BCUT2D eigenvalue weighted by molar-refractivity contribution is -0.147. The molecule has 0 atom stereocenters. The summed E-state index contributed by atoms with van der Waals surface area (Å²) in [4.78, 5) is 22.5. The zero-order valence-electron chi connectivity index (χ0n) is 10.1. The van der Waals surface area contributed by atoms with Crippen molar-refractivity contribution in [1.29, 1.82) is 0 Å². The number of carbonyl (C=O) groups is 2. The van der Waals surface area contributed by atoms with Crippen molar-refractivity contribution in [1.82, 2.24) is 0 Å². The molecule has 16 heavy (non-hydrogen) atoms. The van der Waals surface area contributed by atoms with Crippen molar-refractivity contribution in [3.63, 3.8) is 0 Å². The number of hydrogen-bond acceptors (Lipinski definition) is 4. The first-order valence-electron chi connectivity index (χ1n) is 5.66. The molecule has 0 aromatic heterocycles. The third kappa shape index (κ3) is 6.22. The third-order valence-corrected chi connectivity index (χ3v) is 1.95. The molecule has 0 amide bonds. The van der Waals surface area contributed by atoms with Gasteiger partial charge in [0.15, 0.2) is 0 Å². The fourth-order valence-electron chi connectivity index (χ4n) is 0.876. The van der Waals surface area contributed by atoms with Crippen LogP contribution in [0.3, 0.4) is 0 Å². The lowest BCUT2D eigenvalue weighted by Crippen LogP contribution is -2.18. The first kappa shape index (κ1) is 14.7. The smallest absolute Gasteiger partial charge is 0.344 e. The highest BCUT2D eigenvalue weighted by Gasteiger charge is 2.18. The predicted molar refractivity (Wildman–Crippen MR) is 60.9 cm³/mol. The Labute approximate surface area is 96.6 Å². The van der Waals surface area contributed by atoms with Crippen LogP contribution in [0.1, 0.15) is 39.5 Å². The topological polar surface area (TPSA) is 52.6 Å². The maximum absolute atomic E-state index is 11.3. The summed E-state index contributed by atoms with van der Waals surface area (Å²) in [5.74, 6) is -1.37. The van der Waals surface area contributed by atoms with Crippen molar-refractivity contribution >= 4 is 11.9 Å². The van der Waals surface area contributed by atoms with Gasteiger partial charge < -0.3 is 9.47 Å². The number of rotatable bonds is 8. The minimum absolute atomic E-state index is 0.229. The van der Waals surface area contributed by atoms with E-state index < -0.39 is 11.9 Å². The molecule has 0 aliphatic heterocycles. The molecule has 0 saturated carbocycles. The van der Waals surface area contributed by atoms with Crippen LogP contribution in [0.4, 0.5) is 0 Å². The summed E-state index contributed by atoms with van der Waals surface area (Å²) in [5, 5.41) is 0. The van der Waals surface area contributed by atoms with Gasteiger partial charge in [0.1, 0.15) is 5.57 Å². The number of esters is 2. The van der Waals surface area contributed by atoms with Gasteiger partial charge in [-0.3, -0.25) is 0 Å². The Balaban J connectivity index is 3.83. The Morgan fingerprint density at radius 2 is 1.31 bits per heavy atom. The average Bonchev–Trinajstić information content (AvgIpc) is 2.28. The zero-order chi connectivity index (χ0) is 12.4. The highest BCUT2D eigenvalue weighted by atomic mass is 16.6. The number of ether oxygens (including phenoxy) is 2. The first-order chi connectivity index (χ1) is 7.63. The summed E-state index contributed by atoms with van der Waals surface area (Å²) >= 11 is 0. The van der Waals surface area contributed by atoms with Crippen LogP contribution in [-0.2, 0) is 19.1 Å². The van der Waals surface area contributed by atoms with Crippen LogP contribution >= 0.6 is 0 Å². The quantitative estimate of drug-likeness (QED) is 0.210. The number of hydrogen-bond donors (Lipinski definition) is 0. The van der Waals surface area contributed by atoms with E-state index >= 15 is 0 Å². The molecule has 0 unspecified atom stereocenters. The van der Waals surface area contributed by atoms with Crippen LogP contribution < -0.4 is 0 Å². The molecule has 92 valence electrons. The van der Waals surface area contributed by atoms with Crippen molar-refractivity contribution in [2.24, 2.45) is 0 Å². The van der Waals surface area contributed by atoms with Gasteiger partial charge in [0.2, 0.25) is 0 Å². The molecular formula is C12H20O4. The van der Waals surface area contributed by atoms with Crippen molar-refractivity contribution in [2.75, 3.05) is 13.2 Å². The minimum atomic E-state index is -0.685. The standard InChI is InChI=1S/C12H20O4/c1-4-6-8-15-11(13)10(3)12(14)16-9-7-5-2/h3-9H2,1-2H3. The van der Waals surface area contributed by atoms with E-state index in [2.05, 4.69) is 6.58 Å². The maximum atomic E-state index is 11.3. The second kappa shape index (κ2) is 8.95. The largest absolute Gasteiger partial charge is 0.462 e. The molecule has 0 aliphatic carbocycles. The van der Waals surface area contributed by atoms with Crippen molar-refractivity contribution < 1.29 is 19.1 Å². The molecule has 0 bridgehead atoms. The Bertz CT molecular complexity index is 221. The molecule has 0 N–H and O–H groups in total.